The monoisotopic (exact) mass is 249 g/mol. The summed E-state index contributed by atoms with van der Waals surface area (Å²) in [5.74, 6) is 6.71. The molecule has 0 amide bonds. The number of ether oxygens (including phenoxy) is 1. The Kier molecular flexibility index (Phi) is 3.02. The zero-order chi connectivity index (χ0) is 13.3. The van der Waals surface area contributed by atoms with E-state index in [1.807, 2.05) is 20.9 Å². The van der Waals surface area contributed by atoms with Crippen LogP contribution in [0.1, 0.15) is 11.4 Å². The van der Waals surface area contributed by atoms with E-state index in [1.54, 1.807) is 10.7 Å². The molecule has 0 unspecified atom stereocenters. The Morgan fingerprint density at radius 2 is 2.06 bits per heavy atom. The average Bonchev–Trinajstić information content (AvgIpc) is 2.55. The lowest BCUT2D eigenvalue weighted by atomic mass is 10.3. The molecule has 0 aliphatic rings. The van der Waals surface area contributed by atoms with Crippen molar-refractivity contribution in [2.75, 3.05) is 11.2 Å². The molecule has 8 nitrogen and oxygen atoms in total. The fourth-order valence-corrected chi connectivity index (χ4v) is 1.58. The topological polar surface area (TPSA) is 117 Å². The molecule has 0 saturated carbocycles. The summed E-state index contributed by atoms with van der Waals surface area (Å²) in [6, 6.07) is 1.56. The third-order valence-corrected chi connectivity index (χ3v) is 2.52. The van der Waals surface area contributed by atoms with Crippen molar-refractivity contribution in [3.05, 3.63) is 17.5 Å². The van der Waals surface area contributed by atoms with E-state index in [1.165, 1.54) is 0 Å². The number of anilines is 2. The zero-order valence-corrected chi connectivity index (χ0v) is 10.4. The van der Waals surface area contributed by atoms with Gasteiger partial charge in [0.05, 0.1) is 5.69 Å². The molecular formula is C10H15N7O. The summed E-state index contributed by atoms with van der Waals surface area (Å²) in [5, 5.41) is 4.25. The number of aryl methyl sites for hydroxylation is 2. The van der Waals surface area contributed by atoms with E-state index in [0.29, 0.717) is 17.4 Å². The van der Waals surface area contributed by atoms with Crippen LogP contribution in [0, 0.1) is 13.8 Å². The highest BCUT2D eigenvalue weighted by atomic mass is 16.5. The molecule has 2 aromatic heterocycles. The fraction of sp³-hybridized carbons (Fsp3) is 0.300. The minimum atomic E-state index is 0.0830. The predicted molar refractivity (Wildman–Crippen MR) is 67.0 cm³/mol. The second kappa shape index (κ2) is 4.49. The van der Waals surface area contributed by atoms with E-state index in [0.717, 1.165) is 11.4 Å². The lowest BCUT2D eigenvalue weighted by molar-refractivity contribution is 0.455. The second-order valence-corrected chi connectivity index (χ2v) is 3.82. The number of hydrogen-bond acceptors (Lipinski definition) is 7. The Bertz CT molecular complexity index is 578. The van der Waals surface area contributed by atoms with Crippen LogP contribution in [0.25, 0.3) is 0 Å². The van der Waals surface area contributed by atoms with Crippen LogP contribution in [0.2, 0.25) is 0 Å². The van der Waals surface area contributed by atoms with Gasteiger partial charge in [0.2, 0.25) is 11.8 Å². The minimum absolute atomic E-state index is 0.0830. The van der Waals surface area contributed by atoms with Gasteiger partial charge in [0.25, 0.3) is 0 Å². The Morgan fingerprint density at radius 1 is 1.33 bits per heavy atom. The van der Waals surface area contributed by atoms with Gasteiger partial charge in [-0.25, -0.2) is 5.84 Å². The number of aromatic nitrogens is 4. The summed E-state index contributed by atoms with van der Waals surface area (Å²) in [6.45, 7) is 3.76. The van der Waals surface area contributed by atoms with E-state index >= 15 is 0 Å². The molecule has 0 aromatic carbocycles. The summed E-state index contributed by atoms with van der Waals surface area (Å²) in [6.07, 6.45) is 0. The first-order valence-electron chi connectivity index (χ1n) is 5.30. The maximum atomic E-state index is 5.67. The Balaban J connectivity index is 2.36. The van der Waals surface area contributed by atoms with Crippen LogP contribution in [-0.2, 0) is 7.05 Å². The van der Waals surface area contributed by atoms with Gasteiger partial charge < -0.3 is 15.9 Å². The average molecular weight is 249 g/mol. The summed E-state index contributed by atoms with van der Waals surface area (Å²) >= 11 is 0. The molecule has 0 atom stereocenters. The van der Waals surface area contributed by atoms with Gasteiger partial charge in [-0.2, -0.15) is 15.1 Å². The Labute approximate surface area is 104 Å². The number of nitrogen functional groups attached to an aromatic ring is 2. The van der Waals surface area contributed by atoms with Crippen LogP contribution in [-0.4, -0.2) is 19.7 Å². The van der Waals surface area contributed by atoms with Crippen molar-refractivity contribution in [1.29, 1.82) is 0 Å². The van der Waals surface area contributed by atoms with E-state index in [4.69, 9.17) is 16.3 Å². The summed E-state index contributed by atoms with van der Waals surface area (Å²) in [7, 11) is 1.84. The highest BCUT2D eigenvalue weighted by Gasteiger charge is 2.13. The first-order valence-corrected chi connectivity index (χ1v) is 5.30. The molecule has 2 heterocycles. The fourth-order valence-electron chi connectivity index (χ4n) is 1.58. The van der Waals surface area contributed by atoms with E-state index < -0.39 is 0 Å². The van der Waals surface area contributed by atoms with Crippen molar-refractivity contribution < 1.29 is 4.74 Å². The van der Waals surface area contributed by atoms with Gasteiger partial charge >= 0.3 is 0 Å². The van der Waals surface area contributed by atoms with Crippen LogP contribution in [0.3, 0.4) is 0 Å². The maximum Gasteiger partial charge on any atom is 0.226 e. The Morgan fingerprint density at radius 3 is 2.61 bits per heavy atom. The van der Waals surface area contributed by atoms with Gasteiger partial charge in [0.15, 0.2) is 5.75 Å². The summed E-state index contributed by atoms with van der Waals surface area (Å²) in [5.41, 5.74) is 9.62. The first kappa shape index (κ1) is 12.1. The van der Waals surface area contributed by atoms with Crippen LogP contribution in [0.5, 0.6) is 11.6 Å². The van der Waals surface area contributed by atoms with E-state index in [2.05, 4.69) is 20.5 Å². The minimum Gasteiger partial charge on any atom is -0.435 e. The molecule has 0 aliphatic heterocycles. The highest BCUT2D eigenvalue weighted by molar-refractivity contribution is 5.44. The number of hydrazine groups is 1. The molecule has 5 N–H and O–H groups in total. The van der Waals surface area contributed by atoms with Gasteiger partial charge in [-0.3, -0.25) is 4.68 Å². The normalized spacial score (nSPS) is 10.4. The largest absolute Gasteiger partial charge is 0.435 e. The van der Waals surface area contributed by atoms with Crippen molar-refractivity contribution in [3.8, 4) is 11.6 Å². The molecule has 0 aliphatic carbocycles. The quantitative estimate of drug-likeness (QED) is 0.535. The van der Waals surface area contributed by atoms with Crippen molar-refractivity contribution in [3.63, 3.8) is 0 Å². The van der Waals surface area contributed by atoms with Crippen molar-refractivity contribution in [2.24, 2.45) is 12.9 Å². The lowest BCUT2D eigenvalue weighted by Gasteiger charge is -2.07. The van der Waals surface area contributed by atoms with Gasteiger partial charge in [-0.1, -0.05) is 0 Å². The second-order valence-electron chi connectivity index (χ2n) is 3.82. The SMILES string of the molecule is Cc1nn(C)c(C)c1Oc1cc(NN)nc(N)n1. The van der Waals surface area contributed by atoms with Gasteiger partial charge in [0.1, 0.15) is 11.5 Å². The third kappa shape index (κ3) is 2.18. The first-order chi connectivity index (χ1) is 8.51. The molecule has 0 radical (unpaired) electrons. The number of nitrogens with one attached hydrogen (secondary N) is 1. The molecule has 0 saturated heterocycles. The van der Waals surface area contributed by atoms with Crippen LogP contribution >= 0.6 is 0 Å². The maximum absolute atomic E-state index is 5.67. The molecule has 0 fully saturated rings. The van der Waals surface area contributed by atoms with Crippen LogP contribution in [0.4, 0.5) is 11.8 Å². The Hall–Kier alpha value is -2.35. The van der Waals surface area contributed by atoms with Crippen molar-refractivity contribution in [1.82, 2.24) is 19.7 Å². The molecule has 18 heavy (non-hydrogen) atoms. The van der Waals surface area contributed by atoms with Gasteiger partial charge in [0, 0.05) is 13.1 Å². The molecule has 96 valence electrons. The van der Waals surface area contributed by atoms with Crippen LogP contribution < -0.4 is 21.7 Å². The lowest BCUT2D eigenvalue weighted by Crippen LogP contribution is -2.10. The standard InChI is InChI=1S/C10H15N7O/c1-5-9(6(2)17(3)16-5)18-8-4-7(15-12)13-10(11)14-8/h4H,12H2,1-3H3,(H3,11,13,14,15). The molecule has 0 spiro atoms. The molecule has 2 rings (SSSR count). The highest BCUT2D eigenvalue weighted by Crippen LogP contribution is 2.27. The van der Waals surface area contributed by atoms with Gasteiger partial charge in [-0.05, 0) is 13.8 Å². The predicted octanol–water partition coefficient (Wildman–Crippen LogP) is 0.487. The summed E-state index contributed by atoms with van der Waals surface area (Å²) in [4.78, 5) is 7.85. The van der Waals surface area contributed by atoms with Crippen molar-refractivity contribution in [2.45, 2.75) is 13.8 Å². The van der Waals surface area contributed by atoms with Gasteiger partial charge in [-0.15, -0.1) is 0 Å². The van der Waals surface area contributed by atoms with E-state index in [-0.39, 0.29) is 5.95 Å². The zero-order valence-electron chi connectivity index (χ0n) is 10.4. The number of nitrogens with zero attached hydrogens (tertiary/aromatic N) is 4. The van der Waals surface area contributed by atoms with Crippen molar-refractivity contribution >= 4 is 11.8 Å². The molecule has 8 heteroatoms. The number of hydrogen-bond donors (Lipinski definition) is 3. The molecule has 0 bridgehead atoms. The molecular weight excluding hydrogens is 234 g/mol. The van der Waals surface area contributed by atoms with Crippen LogP contribution in [0.15, 0.2) is 6.07 Å². The third-order valence-electron chi connectivity index (χ3n) is 2.52. The number of nitrogens with two attached hydrogens (primary N) is 2. The van der Waals surface area contributed by atoms with E-state index in [9.17, 15) is 0 Å². The smallest absolute Gasteiger partial charge is 0.226 e. The molecule has 2 aromatic rings. The summed E-state index contributed by atoms with van der Waals surface area (Å²) < 4.78 is 7.41. The number of rotatable bonds is 3.